The molecule has 3 nitrogen and oxygen atoms in total. The SMILES string of the molecule is CS(=O)(=O)c1ccc(OCc2ccc(Cl)s2)cc1. The van der Waals surface area contributed by atoms with E-state index in [4.69, 9.17) is 16.3 Å². The summed E-state index contributed by atoms with van der Waals surface area (Å²) < 4.78 is 28.8. The van der Waals surface area contributed by atoms with Crippen LogP contribution in [-0.4, -0.2) is 14.7 Å². The van der Waals surface area contributed by atoms with E-state index in [0.717, 1.165) is 9.21 Å². The van der Waals surface area contributed by atoms with Crippen molar-refractivity contribution in [2.45, 2.75) is 11.5 Å². The molecule has 18 heavy (non-hydrogen) atoms. The van der Waals surface area contributed by atoms with E-state index in [0.29, 0.717) is 12.4 Å². The number of hydrogen-bond donors (Lipinski definition) is 0. The molecule has 2 aromatic rings. The van der Waals surface area contributed by atoms with Gasteiger partial charge >= 0.3 is 0 Å². The van der Waals surface area contributed by atoms with Gasteiger partial charge in [0.2, 0.25) is 0 Å². The fraction of sp³-hybridized carbons (Fsp3) is 0.167. The van der Waals surface area contributed by atoms with Crippen molar-refractivity contribution in [2.24, 2.45) is 0 Å². The van der Waals surface area contributed by atoms with Crippen LogP contribution >= 0.6 is 22.9 Å². The lowest BCUT2D eigenvalue weighted by molar-refractivity contribution is 0.309. The van der Waals surface area contributed by atoms with Crippen molar-refractivity contribution in [3.8, 4) is 5.75 Å². The Hall–Kier alpha value is -1.04. The zero-order valence-electron chi connectivity index (χ0n) is 9.59. The second-order valence-corrected chi connectivity index (χ2v) is 7.55. The van der Waals surface area contributed by atoms with Gasteiger partial charge < -0.3 is 4.74 Å². The number of halogens is 1. The van der Waals surface area contributed by atoms with Gasteiger partial charge in [0.15, 0.2) is 9.84 Å². The van der Waals surface area contributed by atoms with Crippen LogP contribution in [0.2, 0.25) is 4.34 Å². The molecule has 0 N–H and O–H groups in total. The van der Waals surface area contributed by atoms with Crippen molar-refractivity contribution >= 4 is 32.8 Å². The zero-order chi connectivity index (χ0) is 13.2. The molecule has 2 rings (SSSR count). The minimum absolute atomic E-state index is 0.286. The molecular formula is C12H11ClO3S2. The highest BCUT2D eigenvalue weighted by Crippen LogP contribution is 2.23. The van der Waals surface area contributed by atoms with Crippen LogP contribution < -0.4 is 4.74 Å². The third-order valence-electron chi connectivity index (χ3n) is 2.26. The van der Waals surface area contributed by atoms with E-state index in [-0.39, 0.29) is 4.90 Å². The van der Waals surface area contributed by atoms with Crippen molar-refractivity contribution in [3.63, 3.8) is 0 Å². The van der Waals surface area contributed by atoms with Gasteiger partial charge in [-0.3, -0.25) is 0 Å². The molecule has 0 saturated heterocycles. The van der Waals surface area contributed by atoms with Crippen molar-refractivity contribution in [1.29, 1.82) is 0 Å². The molecule has 0 radical (unpaired) electrons. The second kappa shape index (κ2) is 5.30. The lowest BCUT2D eigenvalue weighted by Gasteiger charge is -2.05. The van der Waals surface area contributed by atoms with Gasteiger partial charge in [-0.1, -0.05) is 11.6 Å². The monoisotopic (exact) mass is 302 g/mol. The summed E-state index contributed by atoms with van der Waals surface area (Å²) in [5.74, 6) is 0.631. The average Bonchev–Trinajstić information content (AvgIpc) is 2.72. The number of benzene rings is 1. The third-order valence-corrected chi connectivity index (χ3v) is 4.59. The lowest BCUT2D eigenvalue weighted by Crippen LogP contribution is -1.97. The number of hydrogen-bond acceptors (Lipinski definition) is 4. The molecule has 0 unspecified atom stereocenters. The Morgan fingerprint density at radius 3 is 2.33 bits per heavy atom. The van der Waals surface area contributed by atoms with Crippen LogP contribution in [0.4, 0.5) is 0 Å². The normalized spacial score (nSPS) is 11.4. The third kappa shape index (κ3) is 3.48. The van der Waals surface area contributed by atoms with Gasteiger partial charge in [0.1, 0.15) is 12.4 Å². The molecule has 0 atom stereocenters. The summed E-state index contributed by atoms with van der Waals surface area (Å²) in [5.41, 5.74) is 0. The molecule has 1 aromatic heterocycles. The van der Waals surface area contributed by atoms with Gasteiger partial charge in [0.25, 0.3) is 0 Å². The predicted octanol–water partition coefficient (Wildman–Crippen LogP) is 3.38. The molecule has 0 fully saturated rings. The van der Waals surface area contributed by atoms with Gasteiger partial charge in [-0.05, 0) is 36.4 Å². The van der Waals surface area contributed by atoms with Gasteiger partial charge in [-0.2, -0.15) is 0 Å². The summed E-state index contributed by atoms with van der Waals surface area (Å²) in [7, 11) is -3.15. The van der Waals surface area contributed by atoms with E-state index in [1.807, 2.05) is 12.1 Å². The molecule has 6 heteroatoms. The lowest BCUT2D eigenvalue weighted by atomic mass is 10.3. The summed E-state index contributed by atoms with van der Waals surface area (Å²) in [5, 5.41) is 0. The summed E-state index contributed by atoms with van der Waals surface area (Å²) in [6.07, 6.45) is 1.18. The van der Waals surface area contributed by atoms with E-state index in [9.17, 15) is 8.42 Å². The molecule has 1 heterocycles. The van der Waals surface area contributed by atoms with Crippen LogP contribution in [0.15, 0.2) is 41.3 Å². The maximum atomic E-state index is 11.3. The summed E-state index contributed by atoms with van der Waals surface area (Å²) in [4.78, 5) is 1.31. The minimum Gasteiger partial charge on any atom is -0.488 e. The van der Waals surface area contributed by atoms with Crippen LogP contribution in [0.3, 0.4) is 0 Å². The smallest absolute Gasteiger partial charge is 0.175 e. The molecule has 0 spiro atoms. The highest BCUT2D eigenvalue weighted by molar-refractivity contribution is 7.90. The Kier molecular flexibility index (Phi) is 3.94. The molecule has 96 valence electrons. The minimum atomic E-state index is -3.15. The van der Waals surface area contributed by atoms with Crippen LogP contribution in [0.1, 0.15) is 4.88 Å². The maximum Gasteiger partial charge on any atom is 0.175 e. The molecule has 0 aliphatic carbocycles. The largest absolute Gasteiger partial charge is 0.488 e. The first-order chi connectivity index (χ1) is 8.45. The topological polar surface area (TPSA) is 43.4 Å². The fourth-order valence-corrected chi connectivity index (χ4v) is 3.00. The second-order valence-electron chi connectivity index (χ2n) is 3.74. The molecule has 0 bridgehead atoms. The highest BCUT2D eigenvalue weighted by atomic mass is 35.5. The van der Waals surface area contributed by atoms with Crippen LogP contribution in [0, 0.1) is 0 Å². The van der Waals surface area contributed by atoms with Gasteiger partial charge in [0, 0.05) is 11.1 Å². The Morgan fingerprint density at radius 2 is 1.83 bits per heavy atom. The Labute approximate surface area is 115 Å². The molecule has 0 amide bonds. The van der Waals surface area contributed by atoms with E-state index >= 15 is 0 Å². The number of rotatable bonds is 4. The van der Waals surface area contributed by atoms with E-state index in [1.54, 1.807) is 12.1 Å². The number of sulfone groups is 1. The molecule has 1 aromatic carbocycles. The Bertz CT molecular complexity index is 630. The van der Waals surface area contributed by atoms with Crippen LogP contribution in [0.5, 0.6) is 5.75 Å². The highest BCUT2D eigenvalue weighted by Gasteiger charge is 2.06. The van der Waals surface area contributed by atoms with Gasteiger partial charge in [0.05, 0.1) is 9.23 Å². The summed E-state index contributed by atoms with van der Waals surface area (Å²) in [6.45, 7) is 0.426. The van der Waals surface area contributed by atoms with Crippen molar-refractivity contribution in [1.82, 2.24) is 0 Å². The quantitative estimate of drug-likeness (QED) is 0.869. The van der Waals surface area contributed by atoms with Crippen molar-refractivity contribution in [2.75, 3.05) is 6.26 Å². The average molecular weight is 303 g/mol. The molecule has 0 saturated carbocycles. The first-order valence-electron chi connectivity index (χ1n) is 5.12. The standard InChI is InChI=1S/C12H11ClO3S2/c1-18(14,15)11-5-2-9(3-6-11)16-8-10-4-7-12(13)17-10/h2-7H,8H2,1H3. The van der Waals surface area contributed by atoms with E-state index < -0.39 is 9.84 Å². The zero-order valence-corrected chi connectivity index (χ0v) is 12.0. The van der Waals surface area contributed by atoms with Gasteiger partial charge in [-0.25, -0.2) is 8.42 Å². The fourth-order valence-electron chi connectivity index (χ4n) is 1.37. The summed E-state index contributed by atoms with van der Waals surface area (Å²) >= 11 is 7.27. The first kappa shape index (κ1) is 13.4. The van der Waals surface area contributed by atoms with Crippen molar-refractivity contribution in [3.05, 3.63) is 45.6 Å². The molecular weight excluding hydrogens is 292 g/mol. The van der Waals surface area contributed by atoms with Crippen molar-refractivity contribution < 1.29 is 13.2 Å². The van der Waals surface area contributed by atoms with Crippen LogP contribution in [-0.2, 0) is 16.4 Å². The maximum absolute atomic E-state index is 11.3. The number of thiophene rings is 1. The Morgan fingerprint density at radius 1 is 1.17 bits per heavy atom. The predicted molar refractivity (Wildman–Crippen MR) is 73.2 cm³/mol. The number of ether oxygens (including phenoxy) is 1. The summed E-state index contributed by atoms with van der Waals surface area (Å²) in [6, 6.07) is 10.1. The molecule has 0 aliphatic heterocycles. The first-order valence-corrected chi connectivity index (χ1v) is 8.21. The molecule has 0 aliphatic rings. The van der Waals surface area contributed by atoms with E-state index in [2.05, 4.69) is 0 Å². The van der Waals surface area contributed by atoms with Gasteiger partial charge in [-0.15, -0.1) is 11.3 Å². The Balaban J connectivity index is 2.03. The van der Waals surface area contributed by atoms with E-state index in [1.165, 1.54) is 29.7 Å². The van der Waals surface area contributed by atoms with Crippen LogP contribution in [0.25, 0.3) is 0 Å².